The van der Waals surface area contributed by atoms with Crippen LogP contribution in [0.3, 0.4) is 0 Å². The molecule has 2 saturated heterocycles. The van der Waals surface area contributed by atoms with Gasteiger partial charge >= 0.3 is 0 Å². The van der Waals surface area contributed by atoms with E-state index in [2.05, 4.69) is 5.32 Å². The van der Waals surface area contributed by atoms with Gasteiger partial charge in [0.05, 0.1) is 0 Å². The second-order valence-corrected chi connectivity index (χ2v) is 8.80. The smallest absolute Gasteiger partial charge is 0.282 e. The van der Waals surface area contributed by atoms with Gasteiger partial charge in [0.2, 0.25) is 0 Å². The zero-order chi connectivity index (χ0) is 13.9. The highest BCUT2D eigenvalue weighted by molar-refractivity contribution is 7.87. The zero-order valence-electron chi connectivity index (χ0n) is 11.4. The predicted octanol–water partition coefficient (Wildman–Crippen LogP) is -0.773. The third-order valence-electron chi connectivity index (χ3n) is 3.76. The molecule has 0 spiro atoms. The lowest BCUT2D eigenvalue weighted by Gasteiger charge is -2.36. The minimum absolute atomic E-state index is 0.391. The Morgan fingerprint density at radius 1 is 1.21 bits per heavy atom. The number of piperidine rings is 1. The summed E-state index contributed by atoms with van der Waals surface area (Å²) in [6.07, 6.45) is 2.00. The van der Waals surface area contributed by atoms with Crippen LogP contribution in [0, 0.1) is 5.92 Å². The van der Waals surface area contributed by atoms with Gasteiger partial charge < -0.3 is 5.32 Å². The second-order valence-electron chi connectivity index (χ2n) is 5.18. The number of rotatable bonds is 4. The number of hydrogen-bond acceptors (Lipinski definition) is 4. The molecule has 0 saturated carbocycles. The molecule has 19 heavy (non-hydrogen) atoms. The molecule has 2 aliphatic rings. The van der Waals surface area contributed by atoms with E-state index in [1.54, 1.807) is 4.31 Å². The van der Waals surface area contributed by atoms with Crippen molar-refractivity contribution in [1.82, 2.24) is 13.9 Å². The minimum atomic E-state index is -3.36. The van der Waals surface area contributed by atoms with Gasteiger partial charge in [-0.25, -0.2) is 0 Å². The number of hydrogen-bond donors (Lipinski definition) is 1. The van der Waals surface area contributed by atoms with Gasteiger partial charge in [-0.2, -0.15) is 17.0 Å². The molecular formula is C11H23N3O3S2. The molecule has 1 atom stereocenters. The standard InChI is InChI=1S/C11H23N3O3S2/c1-12-9-11-3-2-4-14(10-11)19(16,17)13-5-7-18(15)8-6-13/h11-12H,2-10H2,1H3. The van der Waals surface area contributed by atoms with Gasteiger partial charge in [0.25, 0.3) is 10.2 Å². The van der Waals surface area contributed by atoms with E-state index in [1.807, 2.05) is 7.05 Å². The van der Waals surface area contributed by atoms with Gasteiger partial charge in [-0.3, -0.25) is 4.21 Å². The molecule has 112 valence electrons. The molecule has 2 fully saturated rings. The molecule has 0 bridgehead atoms. The van der Waals surface area contributed by atoms with Crippen LogP contribution >= 0.6 is 0 Å². The van der Waals surface area contributed by atoms with Gasteiger partial charge in [0.1, 0.15) is 0 Å². The zero-order valence-corrected chi connectivity index (χ0v) is 13.0. The lowest BCUT2D eigenvalue weighted by Crippen LogP contribution is -2.52. The van der Waals surface area contributed by atoms with Crippen molar-refractivity contribution in [2.75, 3.05) is 51.3 Å². The molecule has 0 aromatic rings. The molecule has 2 heterocycles. The van der Waals surface area contributed by atoms with E-state index in [1.165, 1.54) is 4.31 Å². The molecule has 2 rings (SSSR count). The number of nitrogens with zero attached hydrogens (tertiary/aromatic N) is 2. The van der Waals surface area contributed by atoms with E-state index in [-0.39, 0.29) is 0 Å². The van der Waals surface area contributed by atoms with Crippen molar-refractivity contribution in [3.05, 3.63) is 0 Å². The average molecular weight is 309 g/mol. The van der Waals surface area contributed by atoms with Crippen LogP contribution in [0.1, 0.15) is 12.8 Å². The largest absolute Gasteiger partial charge is 0.319 e. The second kappa shape index (κ2) is 6.62. The van der Waals surface area contributed by atoms with Crippen molar-refractivity contribution in [2.24, 2.45) is 5.92 Å². The van der Waals surface area contributed by atoms with Crippen molar-refractivity contribution in [3.8, 4) is 0 Å². The summed E-state index contributed by atoms with van der Waals surface area (Å²) in [6, 6.07) is 0. The maximum Gasteiger partial charge on any atom is 0.282 e. The van der Waals surface area contributed by atoms with Gasteiger partial charge in [0, 0.05) is 48.5 Å². The van der Waals surface area contributed by atoms with Crippen molar-refractivity contribution in [2.45, 2.75) is 12.8 Å². The van der Waals surface area contributed by atoms with E-state index in [0.29, 0.717) is 43.6 Å². The first-order valence-electron chi connectivity index (χ1n) is 6.79. The Labute approximate surface area is 118 Å². The quantitative estimate of drug-likeness (QED) is 0.740. The average Bonchev–Trinajstić information content (AvgIpc) is 2.40. The highest BCUT2D eigenvalue weighted by Gasteiger charge is 2.34. The summed E-state index contributed by atoms with van der Waals surface area (Å²) >= 11 is 0. The summed E-state index contributed by atoms with van der Waals surface area (Å²) < 4.78 is 39.5. The van der Waals surface area contributed by atoms with Gasteiger partial charge in [-0.15, -0.1) is 0 Å². The Morgan fingerprint density at radius 2 is 1.89 bits per heavy atom. The van der Waals surface area contributed by atoms with Crippen LogP contribution in [-0.2, 0) is 21.0 Å². The van der Waals surface area contributed by atoms with Crippen LogP contribution in [0.15, 0.2) is 0 Å². The molecular weight excluding hydrogens is 286 g/mol. The van der Waals surface area contributed by atoms with Crippen LogP contribution in [0.25, 0.3) is 0 Å². The van der Waals surface area contributed by atoms with Crippen LogP contribution < -0.4 is 5.32 Å². The maximum absolute atomic E-state index is 12.5. The molecule has 0 aromatic carbocycles. The van der Waals surface area contributed by atoms with Gasteiger partial charge in [-0.05, 0) is 32.4 Å². The van der Waals surface area contributed by atoms with E-state index in [9.17, 15) is 12.6 Å². The van der Waals surface area contributed by atoms with Gasteiger partial charge in [-0.1, -0.05) is 0 Å². The Bertz CT molecular complexity index is 415. The predicted molar refractivity (Wildman–Crippen MR) is 76.6 cm³/mol. The first kappa shape index (κ1) is 15.4. The molecule has 0 amide bonds. The van der Waals surface area contributed by atoms with Gasteiger partial charge in [0.15, 0.2) is 0 Å². The van der Waals surface area contributed by atoms with E-state index >= 15 is 0 Å². The van der Waals surface area contributed by atoms with E-state index < -0.39 is 21.0 Å². The van der Waals surface area contributed by atoms with Crippen molar-refractivity contribution >= 4 is 21.0 Å². The molecule has 8 heteroatoms. The lowest BCUT2D eigenvalue weighted by atomic mass is 10.00. The fourth-order valence-electron chi connectivity index (χ4n) is 2.71. The lowest BCUT2D eigenvalue weighted by molar-refractivity contribution is 0.246. The molecule has 0 aromatic heterocycles. The maximum atomic E-state index is 12.5. The summed E-state index contributed by atoms with van der Waals surface area (Å²) in [6.45, 7) is 2.85. The fourth-order valence-corrected chi connectivity index (χ4v) is 5.72. The first-order chi connectivity index (χ1) is 9.04. The van der Waals surface area contributed by atoms with E-state index in [0.717, 1.165) is 19.4 Å². The van der Waals surface area contributed by atoms with Crippen LogP contribution in [0.5, 0.6) is 0 Å². The fraction of sp³-hybridized carbons (Fsp3) is 1.00. The molecule has 2 aliphatic heterocycles. The Morgan fingerprint density at radius 3 is 2.53 bits per heavy atom. The minimum Gasteiger partial charge on any atom is -0.319 e. The Kier molecular flexibility index (Phi) is 5.36. The highest BCUT2D eigenvalue weighted by atomic mass is 32.2. The summed E-state index contributed by atoms with van der Waals surface area (Å²) in [5.41, 5.74) is 0. The summed E-state index contributed by atoms with van der Waals surface area (Å²) in [4.78, 5) is 0. The SMILES string of the molecule is CNCC1CCCN(S(=O)(=O)N2CCS(=O)CC2)C1. The highest BCUT2D eigenvalue weighted by Crippen LogP contribution is 2.21. The third kappa shape index (κ3) is 3.75. The summed E-state index contributed by atoms with van der Waals surface area (Å²) in [7, 11) is -2.30. The van der Waals surface area contributed by atoms with Crippen molar-refractivity contribution in [1.29, 1.82) is 0 Å². The summed E-state index contributed by atoms with van der Waals surface area (Å²) in [5.74, 6) is 1.33. The monoisotopic (exact) mass is 309 g/mol. The topological polar surface area (TPSA) is 69.7 Å². The van der Waals surface area contributed by atoms with Crippen molar-refractivity contribution in [3.63, 3.8) is 0 Å². The third-order valence-corrected chi connectivity index (χ3v) is 7.04. The molecule has 1 unspecified atom stereocenters. The normalized spacial score (nSPS) is 28.6. The molecule has 0 aliphatic carbocycles. The first-order valence-corrected chi connectivity index (χ1v) is 9.67. The van der Waals surface area contributed by atoms with Crippen LogP contribution in [0.2, 0.25) is 0 Å². The Balaban J connectivity index is 2.00. The molecule has 0 radical (unpaired) electrons. The van der Waals surface area contributed by atoms with Crippen molar-refractivity contribution < 1.29 is 12.6 Å². The van der Waals surface area contributed by atoms with E-state index in [4.69, 9.17) is 0 Å². The Hall–Kier alpha value is -0.0200. The number of nitrogens with one attached hydrogen (secondary N) is 1. The van der Waals surface area contributed by atoms with Crippen LogP contribution in [-0.4, -0.2) is 72.5 Å². The molecule has 6 nitrogen and oxygen atoms in total. The van der Waals surface area contributed by atoms with Crippen LogP contribution in [0.4, 0.5) is 0 Å². The summed E-state index contributed by atoms with van der Waals surface area (Å²) in [5, 5.41) is 3.12. The molecule has 1 N–H and O–H groups in total.